The Morgan fingerprint density at radius 2 is 1.62 bits per heavy atom. The molecule has 0 aromatic heterocycles. The third kappa shape index (κ3) is 4.11. The monoisotopic (exact) mass is 347 g/mol. The highest BCUT2D eigenvalue weighted by Gasteiger charge is 2.33. The van der Waals surface area contributed by atoms with Gasteiger partial charge in [0.2, 0.25) is 0 Å². The predicted octanol–water partition coefficient (Wildman–Crippen LogP) is 4.67. The SMILES string of the molecule is CCC(Cl)(CCc1ccc(-c2ccc([N+](=O)[O-])cc2)cc1)C(=O)O. The minimum atomic E-state index is -1.23. The highest BCUT2D eigenvalue weighted by molar-refractivity contribution is 6.33. The fourth-order valence-corrected chi connectivity index (χ4v) is 2.51. The summed E-state index contributed by atoms with van der Waals surface area (Å²) in [6.45, 7) is 1.76. The van der Waals surface area contributed by atoms with Crippen molar-refractivity contribution in [3.05, 3.63) is 64.2 Å². The average molecular weight is 348 g/mol. The molecule has 0 radical (unpaired) electrons. The molecule has 0 saturated carbocycles. The van der Waals surface area contributed by atoms with Crippen LogP contribution in [-0.2, 0) is 11.2 Å². The van der Waals surface area contributed by atoms with Gasteiger partial charge in [-0.3, -0.25) is 14.9 Å². The molecule has 0 amide bonds. The number of carbonyl (C=O) groups is 1. The van der Waals surface area contributed by atoms with Crippen LogP contribution in [-0.4, -0.2) is 20.9 Å². The number of carboxylic acids is 1. The lowest BCUT2D eigenvalue weighted by Crippen LogP contribution is -2.32. The number of aliphatic carboxylic acids is 1. The smallest absolute Gasteiger partial charge is 0.324 e. The van der Waals surface area contributed by atoms with Gasteiger partial charge in [0.1, 0.15) is 4.87 Å². The van der Waals surface area contributed by atoms with Crippen LogP contribution in [0.4, 0.5) is 5.69 Å². The number of hydrogen-bond donors (Lipinski definition) is 1. The van der Waals surface area contributed by atoms with Crippen LogP contribution in [0.5, 0.6) is 0 Å². The molecule has 0 fully saturated rings. The van der Waals surface area contributed by atoms with Gasteiger partial charge < -0.3 is 5.11 Å². The van der Waals surface area contributed by atoms with Gasteiger partial charge in [-0.15, -0.1) is 11.6 Å². The molecule has 0 aliphatic rings. The molecule has 0 bridgehead atoms. The van der Waals surface area contributed by atoms with Gasteiger partial charge in [0.15, 0.2) is 0 Å². The number of nitro benzene ring substituents is 1. The Balaban J connectivity index is 2.08. The van der Waals surface area contributed by atoms with Gasteiger partial charge in [0, 0.05) is 12.1 Å². The standard InChI is InChI=1S/C18H18ClNO4/c1-2-18(19,17(21)22)12-11-13-3-5-14(6-4-13)15-7-9-16(10-8-15)20(23)24/h3-10H,2,11-12H2,1H3,(H,21,22). The summed E-state index contributed by atoms with van der Waals surface area (Å²) in [4.78, 5) is 20.2. The lowest BCUT2D eigenvalue weighted by molar-refractivity contribution is -0.384. The van der Waals surface area contributed by atoms with Crippen molar-refractivity contribution in [1.29, 1.82) is 0 Å². The number of rotatable bonds is 7. The molecule has 0 heterocycles. The molecule has 5 nitrogen and oxygen atoms in total. The van der Waals surface area contributed by atoms with Crippen LogP contribution >= 0.6 is 11.6 Å². The molecule has 2 rings (SSSR count). The zero-order chi connectivity index (χ0) is 17.7. The first-order valence-corrected chi connectivity index (χ1v) is 7.99. The van der Waals surface area contributed by atoms with E-state index in [0.717, 1.165) is 16.7 Å². The van der Waals surface area contributed by atoms with E-state index in [1.165, 1.54) is 12.1 Å². The van der Waals surface area contributed by atoms with Crippen LogP contribution < -0.4 is 0 Å². The Bertz CT molecular complexity index is 728. The summed E-state index contributed by atoms with van der Waals surface area (Å²) in [5.74, 6) is -0.992. The van der Waals surface area contributed by atoms with Gasteiger partial charge in [-0.2, -0.15) is 0 Å². The highest BCUT2D eigenvalue weighted by Crippen LogP contribution is 2.28. The molecular formula is C18H18ClNO4. The Morgan fingerprint density at radius 3 is 2.04 bits per heavy atom. The molecule has 0 aliphatic heterocycles. The first kappa shape index (κ1) is 17.9. The van der Waals surface area contributed by atoms with Gasteiger partial charge >= 0.3 is 5.97 Å². The predicted molar refractivity (Wildman–Crippen MR) is 93.4 cm³/mol. The summed E-state index contributed by atoms with van der Waals surface area (Å²) in [5.41, 5.74) is 2.89. The Kier molecular flexibility index (Phi) is 5.57. The number of benzene rings is 2. The fourth-order valence-electron chi connectivity index (χ4n) is 2.42. The first-order valence-electron chi connectivity index (χ1n) is 7.62. The molecule has 1 atom stereocenters. The maximum Gasteiger partial charge on any atom is 0.324 e. The van der Waals surface area contributed by atoms with E-state index in [0.29, 0.717) is 19.3 Å². The summed E-state index contributed by atoms with van der Waals surface area (Å²) in [7, 11) is 0. The number of non-ortho nitro benzene ring substituents is 1. The summed E-state index contributed by atoms with van der Waals surface area (Å²) >= 11 is 6.12. The second-order valence-corrected chi connectivity index (χ2v) is 6.35. The topological polar surface area (TPSA) is 80.4 Å². The van der Waals surface area contributed by atoms with Crippen molar-refractivity contribution in [3.63, 3.8) is 0 Å². The lowest BCUT2D eigenvalue weighted by Gasteiger charge is -2.20. The summed E-state index contributed by atoms with van der Waals surface area (Å²) < 4.78 is 0. The summed E-state index contributed by atoms with van der Waals surface area (Å²) in [6, 6.07) is 14.0. The average Bonchev–Trinajstić information content (AvgIpc) is 2.60. The quantitative estimate of drug-likeness (QED) is 0.448. The van der Waals surface area contributed by atoms with Crippen molar-refractivity contribution in [2.24, 2.45) is 0 Å². The number of aryl methyl sites for hydroxylation is 1. The molecule has 0 spiro atoms. The third-order valence-electron chi connectivity index (χ3n) is 4.12. The minimum absolute atomic E-state index is 0.0575. The molecule has 24 heavy (non-hydrogen) atoms. The van der Waals surface area contributed by atoms with Crippen molar-refractivity contribution < 1.29 is 14.8 Å². The number of halogens is 1. The molecule has 1 N–H and O–H groups in total. The molecule has 126 valence electrons. The van der Waals surface area contributed by atoms with Crippen LogP contribution in [0.1, 0.15) is 25.3 Å². The van der Waals surface area contributed by atoms with Gasteiger partial charge in [-0.25, -0.2) is 0 Å². The molecule has 1 unspecified atom stereocenters. The number of carboxylic acid groups (broad SMARTS) is 1. The molecule has 0 saturated heterocycles. The summed E-state index contributed by atoms with van der Waals surface area (Å²) in [6.07, 6.45) is 1.30. The maximum atomic E-state index is 11.2. The van der Waals surface area contributed by atoms with Crippen molar-refractivity contribution in [1.82, 2.24) is 0 Å². The molecule has 2 aromatic rings. The number of nitrogens with zero attached hydrogens (tertiary/aromatic N) is 1. The van der Waals surface area contributed by atoms with Gasteiger partial charge in [0.05, 0.1) is 4.92 Å². The van der Waals surface area contributed by atoms with E-state index in [1.807, 2.05) is 24.3 Å². The first-order chi connectivity index (χ1) is 11.4. The van der Waals surface area contributed by atoms with Crippen molar-refractivity contribution in [2.45, 2.75) is 31.1 Å². The molecular weight excluding hydrogens is 330 g/mol. The highest BCUT2D eigenvalue weighted by atomic mass is 35.5. The van der Waals surface area contributed by atoms with Crippen LogP contribution in [0.2, 0.25) is 0 Å². The van der Waals surface area contributed by atoms with Crippen molar-refractivity contribution in [2.75, 3.05) is 0 Å². The van der Waals surface area contributed by atoms with Gasteiger partial charge in [-0.05, 0) is 48.1 Å². The zero-order valence-corrected chi connectivity index (χ0v) is 14.0. The second kappa shape index (κ2) is 7.45. The molecule has 0 aliphatic carbocycles. The normalized spacial score (nSPS) is 13.2. The van der Waals surface area contributed by atoms with Gasteiger partial charge in [0.25, 0.3) is 5.69 Å². The van der Waals surface area contributed by atoms with Crippen LogP contribution in [0.15, 0.2) is 48.5 Å². The van der Waals surface area contributed by atoms with Crippen LogP contribution in [0.25, 0.3) is 11.1 Å². The van der Waals surface area contributed by atoms with Crippen molar-refractivity contribution in [3.8, 4) is 11.1 Å². The lowest BCUT2D eigenvalue weighted by atomic mass is 9.95. The maximum absolute atomic E-state index is 11.2. The van der Waals surface area contributed by atoms with E-state index in [2.05, 4.69) is 0 Å². The third-order valence-corrected chi connectivity index (χ3v) is 4.74. The number of alkyl halides is 1. The van der Waals surface area contributed by atoms with E-state index >= 15 is 0 Å². The van der Waals surface area contributed by atoms with Crippen LogP contribution in [0.3, 0.4) is 0 Å². The summed E-state index contributed by atoms with van der Waals surface area (Å²) in [5, 5.41) is 19.9. The van der Waals surface area contributed by atoms with E-state index in [1.54, 1.807) is 19.1 Å². The van der Waals surface area contributed by atoms with Crippen molar-refractivity contribution >= 4 is 23.3 Å². The fraction of sp³-hybridized carbons (Fsp3) is 0.278. The number of hydrogen-bond acceptors (Lipinski definition) is 3. The van der Waals surface area contributed by atoms with Gasteiger partial charge in [-0.1, -0.05) is 31.2 Å². The molecule has 2 aromatic carbocycles. The molecule has 6 heteroatoms. The van der Waals surface area contributed by atoms with E-state index in [-0.39, 0.29) is 5.69 Å². The van der Waals surface area contributed by atoms with E-state index in [9.17, 15) is 20.0 Å². The minimum Gasteiger partial charge on any atom is -0.480 e. The largest absolute Gasteiger partial charge is 0.480 e. The van der Waals surface area contributed by atoms with E-state index in [4.69, 9.17) is 11.6 Å². The Hall–Kier alpha value is -2.40. The Labute approximate surface area is 145 Å². The van der Waals surface area contributed by atoms with Crippen LogP contribution in [0, 0.1) is 10.1 Å². The van der Waals surface area contributed by atoms with E-state index < -0.39 is 15.8 Å². The zero-order valence-electron chi connectivity index (χ0n) is 13.2. The Morgan fingerprint density at radius 1 is 1.12 bits per heavy atom. The number of nitro groups is 1. The second-order valence-electron chi connectivity index (χ2n) is 5.62.